The highest BCUT2D eigenvalue weighted by atomic mass is 79.9. The van der Waals surface area contributed by atoms with Crippen LogP contribution in [0.25, 0.3) is 0 Å². The maximum atomic E-state index is 10.8. The number of nitrogens with one attached hydrogen (secondary N) is 1. The molecule has 1 N–H and O–H groups in total. The fraction of sp³-hybridized carbons (Fsp3) is 0.0769. The molecule has 0 aliphatic carbocycles. The van der Waals surface area contributed by atoms with Gasteiger partial charge in [0.15, 0.2) is 0 Å². The first kappa shape index (κ1) is 15.1. The fourth-order valence-electron chi connectivity index (χ4n) is 1.62. The van der Waals surface area contributed by atoms with Crippen LogP contribution in [0.3, 0.4) is 0 Å². The third-order valence-electron chi connectivity index (χ3n) is 2.62. The average molecular weight is 376 g/mol. The van der Waals surface area contributed by atoms with Crippen molar-refractivity contribution in [2.45, 2.75) is 6.54 Å². The molecule has 0 unspecified atom stereocenters. The summed E-state index contributed by atoms with van der Waals surface area (Å²) >= 11 is 15.1. The minimum atomic E-state index is -0.510. The molecule has 0 heterocycles. The molecule has 0 atom stereocenters. The lowest BCUT2D eigenvalue weighted by molar-refractivity contribution is -0.384. The summed E-state index contributed by atoms with van der Waals surface area (Å²) in [6.45, 7) is 0.506. The molecule has 0 saturated carbocycles. The number of hydrogen-bond acceptors (Lipinski definition) is 3. The average Bonchev–Trinajstić information content (AvgIpc) is 2.41. The highest BCUT2D eigenvalue weighted by Crippen LogP contribution is 2.28. The number of rotatable bonds is 4. The summed E-state index contributed by atoms with van der Waals surface area (Å²) in [4.78, 5) is 10.3. The van der Waals surface area contributed by atoms with Crippen molar-refractivity contribution in [3.63, 3.8) is 0 Å². The Balaban J connectivity index is 2.12. The predicted molar refractivity (Wildman–Crippen MR) is 84.6 cm³/mol. The molecular weight excluding hydrogens is 367 g/mol. The van der Waals surface area contributed by atoms with Gasteiger partial charge in [-0.2, -0.15) is 0 Å². The minimum absolute atomic E-state index is 0.118. The molecule has 4 nitrogen and oxygen atoms in total. The zero-order valence-electron chi connectivity index (χ0n) is 10.1. The van der Waals surface area contributed by atoms with Gasteiger partial charge in [-0.15, -0.1) is 0 Å². The van der Waals surface area contributed by atoms with E-state index in [1.165, 1.54) is 12.1 Å². The molecular formula is C13H9BrCl2N2O2. The minimum Gasteiger partial charge on any atom is -0.381 e. The first-order chi connectivity index (χ1) is 9.47. The fourth-order valence-corrected chi connectivity index (χ4v) is 2.25. The first-order valence-electron chi connectivity index (χ1n) is 5.59. The summed E-state index contributed by atoms with van der Waals surface area (Å²) in [6, 6.07) is 10.2. The van der Waals surface area contributed by atoms with Gasteiger partial charge in [0.2, 0.25) is 0 Å². The number of nitrogens with zero attached hydrogens (tertiary/aromatic N) is 1. The Bertz CT molecular complexity index is 665. The van der Waals surface area contributed by atoms with Gasteiger partial charge in [0.1, 0.15) is 5.02 Å². The lowest BCUT2D eigenvalue weighted by Gasteiger charge is -2.08. The highest BCUT2D eigenvalue weighted by Gasteiger charge is 2.12. The van der Waals surface area contributed by atoms with E-state index in [9.17, 15) is 10.1 Å². The lowest BCUT2D eigenvalue weighted by atomic mass is 10.2. The van der Waals surface area contributed by atoms with Crippen LogP contribution in [0.5, 0.6) is 0 Å². The molecule has 7 heteroatoms. The maximum absolute atomic E-state index is 10.8. The molecule has 2 aromatic carbocycles. The van der Waals surface area contributed by atoms with Gasteiger partial charge in [0.25, 0.3) is 5.69 Å². The molecule has 0 aliphatic heterocycles. The normalized spacial score (nSPS) is 10.3. The zero-order valence-corrected chi connectivity index (χ0v) is 13.2. The summed E-state index contributed by atoms with van der Waals surface area (Å²) in [7, 11) is 0. The summed E-state index contributed by atoms with van der Waals surface area (Å²) in [5.41, 5.74) is 1.47. The van der Waals surface area contributed by atoms with Crippen molar-refractivity contribution in [3.8, 4) is 0 Å². The molecule has 0 aromatic heterocycles. The molecule has 0 spiro atoms. The van der Waals surface area contributed by atoms with Crippen molar-refractivity contribution in [1.82, 2.24) is 0 Å². The zero-order chi connectivity index (χ0) is 14.7. The van der Waals surface area contributed by atoms with Crippen LogP contribution in [-0.4, -0.2) is 4.92 Å². The Kier molecular flexibility index (Phi) is 4.86. The largest absolute Gasteiger partial charge is 0.381 e. The van der Waals surface area contributed by atoms with Crippen molar-refractivity contribution in [3.05, 3.63) is 66.6 Å². The van der Waals surface area contributed by atoms with Crippen molar-refractivity contribution < 1.29 is 4.92 Å². The van der Waals surface area contributed by atoms with Gasteiger partial charge < -0.3 is 5.32 Å². The van der Waals surface area contributed by atoms with Gasteiger partial charge >= 0.3 is 0 Å². The maximum Gasteiger partial charge on any atom is 0.289 e. The second kappa shape index (κ2) is 6.43. The molecule has 0 aliphatic rings. The molecule has 0 radical (unpaired) electrons. The number of hydrogen-bond donors (Lipinski definition) is 1. The smallest absolute Gasteiger partial charge is 0.289 e. The number of nitro benzene ring substituents is 1. The van der Waals surface area contributed by atoms with E-state index in [1.807, 2.05) is 18.2 Å². The number of benzene rings is 2. The number of anilines is 1. The van der Waals surface area contributed by atoms with E-state index in [1.54, 1.807) is 6.07 Å². The standard InChI is InChI=1S/C13H9BrCl2N2O2/c14-10-3-1-8(5-12(10)16)7-17-9-2-4-11(15)13(6-9)18(19)20/h1-6,17H,7H2. The van der Waals surface area contributed by atoms with E-state index in [4.69, 9.17) is 23.2 Å². The van der Waals surface area contributed by atoms with E-state index in [0.29, 0.717) is 17.3 Å². The van der Waals surface area contributed by atoms with E-state index < -0.39 is 4.92 Å². The first-order valence-corrected chi connectivity index (χ1v) is 7.14. The Morgan fingerprint density at radius 2 is 1.90 bits per heavy atom. The molecule has 0 bridgehead atoms. The molecule has 20 heavy (non-hydrogen) atoms. The van der Waals surface area contributed by atoms with Crippen LogP contribution in [0.4, 0.5) is 11.4 Å². The molecule has 0 amide bonds. The van der Waals surface area contributed by atoms with E-state index in [-0.39, 0.29) is 10.7 Å². The van der Waals surface area contributed by atoms with Crippen LogP contribution in [0.2, 0.25) is 10.0 Å². The third kappa shape index (κ3) is 3.62. The topological polar surface area (TPSA) is 55.2 Å². The van der Waals surface area contributed by atoms with Gasteiger partial charge in [-0.05, 0) is 45.8 Å². The van der Waals surface area contributed by atoms with Gasteiger partial charge in [0, 0.05) is 22.8 Å². The SMILES string of the molecule is O=[N+]([O-])c1cc(NCc2ccc(Br)c(Cl)c2)ccc1Cl. The lowest BCUT2D eigenvalue weighted by Crippen LogP contribution is -2.00. The predicted octanol–water partition coefficient (Wildman–Crippen LogP) is 5.28. The van der Waals surface area contributed by atoms with Gasteiger partial charge in [-0.1, -0.05) is 29.3 Å². The van der Waals surface area contributed by atoms with Crippen molar-refractivity contribution in [2.24, 2.45) is 0 Å². The van der Waals surface area contributed by atoms with Crippen LogP contribution in [0.15, 0.2) is 40.9 Å². The van der Waals surface area contributed by atoms with Crippen LogP contribution in [-0.2, 0) is 6.54 Å². The molecule has 0 fully saturated rings. The Hall–Kier alpha value is -1.30. The van der Waals surface area contributed by atoms with Crippen molar-refractivity contribution in [1.29, 1.82) is 0 Å². The van der Waals surface area contributed by atoms with Gasteiger partial charge in [-0.3, -0.25) is 10.1 Å². The third-order valence-corrected chi connectivity index (χ3v) is 4.18. The second-order valence-corrected chi connectivity index (χ2v) is 5.69. The van der Waals surface area contributed by atoms with E-state index in [0.717, 1.165) is 10.0 Å². The number of nitro groups is 1. The van der Waals surface area contributed by atoms with Gasteiger partial charge in [0.05, 0.1) is 9.95 Å². The monoisotopic (exact) mass is 374 g/mol. The molecule has 2 rings (SSSR count). The molecule has 104 valence electrons. The second-order valence-electron chi connectivity index (χ2n) is 4.03. The van der Waals surface area contributed by atoms with Crippen LogP contribution in [0.1, 0.15) is 5.56 Å². The summed E-state index contributed by atoms with van der Waals surface area (Å²) in [6.07, 6.45) is 0. The molecule has 0 saturated heterocycles. The van der Waals surface area contributed by atoms with Crippen molar-refractivity contribution in [2.75, 3.05) is 5.32 Å². The van der Waals surface area contributed by atoms with E-state index >= 15 is 0 Å². The Morgan fingerprint density at radius 1 is 1.15 bits per heavy atom. The number of halogens is 3. The van der Waals surface area contributed by atoms with Crippen LogP contribution >= 0.6 is 39.1 Å². The quantitative estimate of drug-likeness (QED) is 0.584. The Morgan fingerprint density at radius 3 is 2.55 bits per heavy atom. The highest BCUT2D eigenvalue weighted by molar-refractivity contribution is 9.10. The molecule has 2 aromatic rings. The van der Waals surface area contributed by atoms with Gasteiger partial charge in [-0.25, -0.2) is 0 Å². The summed E-state index contributed by atoms with van der Waals surface area (Å²) < 4.78 is 0.824. The summed E-state index contributed by atoms with van der Waals surface area (Å²) in [5.74, 6) is 0. The van der Waals surface area contributed by atoms with Crippen LogP contribution < -0.4 is 5.32 Å². The summed E-state index contributed by atoms with van der Waals surface area (Å²) in [5, 5.41) is 14.6. The van der Waals surface area contributed by atoms with E-state index in [2.05, 4.69) is 21.2 Å². The Labute approximate surface area is 134 Å². The van der Waals surface area contributed by atoms with Crippen LogP contribution in [0, 0.1) is 10.1 Å². The van der Waals surface area contributed by atoms with Crippen molar-refractivity contribution >= 4 is 50.5 Å².